The second-order valence-electron chi connectivity index (χ2n) is 6.22. The number of amides is 1. The van der Waals surface area contributed by atoms with Gasteiger partial charge in [-0.25, -0.2) is 9.18 Å². The van der Waals surface area contributed by atoms with Gasteiger partial charge in [-0.05, 0) is 55.3 Å². The molecule has 0 bridgehead atoms. The van der Waals surface area contributed by atoms with Crippen LogP contribution in [0.4, 0.5) is 10.1 Å². The van der Waals surface area contributed by atoms with Crippen LogP contribution in [0, 0.1) is 5.82 Å². The average Bonchev–Trinajstić information content (AvgIpc) is 3.21. The Labute approximate surface area is 166 Å². The maximum atomic E-state index is 13.1. The minimum Gasteiger partial charge on any atom is -0.491 e. The molecule has 0 radical (unpaired) electrons. The molecule has 28 heavy (non-hydrogen) atoms. The normalized spacial score (nSPS) is 15.9. The van der Waals surface area contributed by atoms with E-state index in [-0.39, 0.29) is 11.1 Å². The van der Waals surface area contributed by atoms with Crippen molar-refractivity contribution in [2.75, 3.05) is 25.1 Å². The van der Waals surface area contributed by atoms with Gasteiger partial charge in [0.1, 0.15) is 18.2 Å². The Hall–Kier alpha value is -2.64. The molecular formula is C20H19ClFNO5. The molecule has 1 heterocycles. The summed E-state index contributed by atoms with van der Waals surface area (Å²) in [5.41, 5.74) is 0.599. The zero-order valence-electron chi connectivity index (χ0n) is 15.0. The predicted molar refractivity (Wildman–Crippen MR) is 101 cm³/mol. The Bertz CT molecular complexity index is 837. The van der Waals surface area contributed by atoms with Crippen LogP contribution in [-0.2, 0) is 14.3 Å². The van der Waals surface area contributed by atoms with Gasteiger partial charge in [-0.1, -0.05) is 11.6 Å². The van der Waals surface area contributed by atoms with Gasteiger partial charge in [0.25, 0.3) is 5.91 Å². The maximum Gasteiger partial charge on any atom is 0.338 e. The lowest BCUT2D eigenvalue weighted by atomic mass is 10.2. The third-order valence-corrected chi connectivity index (χ3v) is 4.38. The quantitative estimate of drug-likeness (QED) is 0.706. The lowest BCUT2D eigenvalue weighted by Crippen LogP contribution is -2.21. The molecule has 6 nitrogen and oxygen atoms in total. The number of benzene rings is 2. The lowest BCUT2D eigenvalue weighted by Gasteiger charge is -2.11. The fourth-order valence-corrected chi connectivity index (χ4v) is 2.82. The maximum absolute atomic E-state index is 13.1. The highest BCUT2D eigenvalue weighted by Gasteiger charge is 2.16. The molecule has 0 unspecified atom stereocenters. The highest BCUT2D eigenvalue weighted by atomic mass is 35.5. The van der Waals surface area contributed by atoms with Crippen molar-refractivity contribution in [2.45, 2.75) is 18.9 Å². The summed E-state index contributed by atoms with van der Waals surface area (Å²) >= 11 is 5.65. The molecule has 1 N–H and O–H groups in total. The van der Waals surface area contributed by atoms with E-state index in [4.69, 9.17) is 25.8 Å². The molecule has 3 rings (SSSR count). The molecule has 1 atom stereocenters. The van der Waals surface area contributed by atoms with Crippen LogP contribution in [0.5, 0.6) is 5.75 Å². The topological polar surface area (TPSA) is 73.9 Å². The smallest absolute Gasteiger partial charge is 0.338 e. The van der Waals surface area contributed by atoms with Gasteiger partial charge in [0.05, 0.1) is 16.7 Å². The van der Waals surface area contributed by atoms with Crippen LogP contribution >= 0.6 is 11.6 Å². The summed E-state index contributed by atoms with van der Waals surface area (Å²) in [5, 5.41) is 2.36. The van der Waals surface area contributed by atoms with Crippen LogP contribution in [0.1, 0.15) is 23.2 Å². The van der Waals surface area contributed by atoms with Gasteiger partial charge in [-0.2, -0.15) is 0 Å². The van der Waals surface area contributed by atoms with E-state index in [1.54, 1.807) is 24.3 Å². The van der Waals surface area contributed by atoms with Crippen molar-refractivity contribution in [1.29, 1.82) is 0 Å². The number of carbonyl (C=O) groups is 2. The van der Waals surface area contributed by atoms with E-state index in [2.05, 4.69) is 5.32 Å². The standard InChI is InChI=1S/C20H19ClFNO5/c21-17-10-14(5-8-18(17)22)23-19(24)12-28-20(25)13-3-6-15(7-4-13)27-11-16-2-1-9-26-16/h3-8,10,16H,1-2,9,11-12H2,(H,23,24)/t16-/m1/s1. The molecule has 0 spiro atoms. The molecule has 1 fully saturated rings. The first-order valence-electron chi connectivity index (χ1n) is 8.78. The van der Waals surface area contributed by atoms with Gasteiger partial charge in [-0.15, -0.1) is 0 Å². The molecule has 1 amide bonds. The van der Waals surface area contributed by atoms with Crippen LogP contribution < -0.4 is 10.1 Å². The highest BCUT2D eigenvalue weighted by Crippen LogP contribution is 2.19. The summed E-state index contributed by atoms with van der Waals surface area (Å²) in [6.07, 6.45) is 2.14. The van der Waals surface area contributed by atoms with Crippen LogP contribution in [0.15, 0.2) is 42.5 Å². The molecule has 1 aliphatic heterocycles. The predicted octanol–water partition coefficient (Wildman–Crippen LogP) is 3.83. The summed E-state index contributed by atoms with van der Waals surface area (Å²) in [7, 11) is 0. The lowest BCUT2D eigenvalue weighted by molar-refractivity contribution is -0.119. The van der Waals surface area contributed by atoms with E-state index in [0.717, 1.165) is 25.5 Å². The van der Waals surface area contributed by atoms with Gasteiger partial charge in [0.2, 0.25) is 0 Å². The molecule has 8 heteroatoms. The Balaban J connectivity index is 1.44. The molecule has 2 aromatic carbocycles. The monoisotopic (exact) mass is 407 g/mol. The van der Waals surface area contributed by atoms with Crippen molar-refractivity contribution >= 4 is 29.2 Å². The zero-order chi connectivity index (χ0) is 19.9. The Morgan fingerprint density at radius 3 is 2.68 bits per heavy atom. The number of ether oxygens (including phenoxy) is 3. The van der Waals surface area contributed by atoms with E-state index in [0.29, 0.717) is 23.6 Å². The summed E-state index contributed by atoms with van der Waals surface area (Å²) in [5.74, 6) is -1.17. The number of carbonyl (C=O) groups excluding carboxylic acids is 2. The first kappa shape index (κ1) is 20.1. The van der Waals surface area contributed by atoms with Gasteiger partial charge >= 0.3 is 5.97 Å². The van der Waals surface area contributed by atoms with E-state index in [9.17, 15) is 14.0 Å². The number of nitrogens with one attached hydrogen (secondary N) is 1. The molecule has 1 saturated heterocycles. The second kappa shape index (κ2) is 9.52. The van der Waals surface area contributed by atoms with Gasteiger partial charge in [0, 0.05) is 12.3 Å². The minimum atomic E-state index is -0.641. The van der Waals surface area contributed by atoms with Crippen LogP contribution in [0.3, 0.4) is 0 Å². The summed E-state index contributed by atoms with van der Waals surface area (Å²) < 4.78 is 29.2. The first-order chi connectivity index (χ1) is 13.5. The molecular weight excluding hydrogens is 389 g/mol. The SMILES string of the molecule is O=C(COC(=O)c1ccc(OC[C@H]2CCCO2)cc1)Nc1ccc(F)c(Cl)c1. The minimum absolute atomic E-state index is 0.110. The van der Waals surface area contributed by atoms with Gasteiger partial charge < -0.3 is 19.5 Å². The number of rotatable bonds is 7. The molecule has 0 aliphatic carbocycles. The number of halogens is 2. The molecule has 1 aliphatic rings. The van der Waals surface area contributed by atoms with Gasteiger partial charge in [-0.3, -0.25) is 4.79 Å². The highest BCUT2D eigenvalue weighted by molar-refractivity contribution is 6.31. The van der Waals surface area contributed by atoms with Crippen molar-refractivity contribution in [3.05, 3.63) is 58.9 Å². The number of esters is 1. The summed E-state index contributed by atoms with van der Waals surface area (Å²) in [4.78, 5) is 23.9. The Morgan fingerprint density at radius 1 is 1.21 bits per heavy atom. The third-order valence-electron chi connectivity index (χ3n) is 4.09. The average molecular weight is 408 g/mol. The van der Waals surface area contributed by atoms with Crippen molar-refractivity contribution < 1.29 is 28.2 Å². The fraction of sp³-hybridized carbons (Fsp3) is 0.300. The van der Waals surface area contributed by atoms with E-state index >= 15 is 0 Å². The first-order valence-corrected chi connectivity index (χ1v) is 9.15. The molecule has 148 valence electrons. The van der Waals surface area contributed by atoms with Crippen molar-refractivity contribution in [3.63, 3.8) is 0 Å². The van der Waals surface area contributed by atoms with Crippen molar-refractivity contribution in [3.8, 4) is 5.75 Å². The molecule has 0 aromatic heterocycles. The van der Waals surface area contributed by atoms with Gasteiger partial charge in [0.15, 0.2) is 6.61 Å². The Kier molecular flexibility index (Phi) is 6.84. The second-order valence-corrected chi connectivity index (χ2v) is 6.63. The molecule has 0 saturated carbocycles. The third kappa shape index (κ3) is 5.68. The number of hydrogen-bond acceptors (Lipinski definition) is 5. The van der Waals surface area contributed by atoms with E-state index in [1.807, 2.05) is 0 Å². The van der Waals surface area contributed by atoms with Crippen molar-refractivity contribution in [1.82, 2.24) is 0 Å². The largest absolute Gasteiger partial charge is 0.491 e. The Morgan fingerprint density at radius 2 is 2.00 bits per heavy atom. The number of hydrogen-bond donors (Lipinski definition) is 1. The van der Waals surface area contributed by atoms with Crippen LogP contribution in [-0.4, -0.2) is 37.8 Å². The van der Waals surface area contributed by atoms with Crippen LogP contribution in [0.2, 0.25) is 5.02 Å². The molecule has 2 aromatic rings. The summed E-state index contributed by atoms with van der Waals surface area (Å²) in [6.45, 7) is 0.753. The van der Waals surface area contributed by atoms with Crippen molar-refractivity contribution in [2.24, 2.45) is 0 Å². The zero-order valence-corrected chi connectivity index (χ0v) is 15.7. The van der Waals surface area contributed by atoms with Crippen LogP contribution in [0.25, 0.3) is 0 Å². The van der Waals surface area contributed by atoms with E-state index < -0.39 is 24.3 Å². The summed E-state index contributed by atoms with van der Waals surface area (Å²) in [6, 6.07) is 10.2. The number of anilines is 1. The van der Waals surface area contributed by atoms with E-state index in [1.165, 1.54) is 12.1 Å². The fourth-order valence-electron chi connectivity index (χ4n) is 2.64.